The largest absolute Gasteiger partial charge is 0.452 e. The molecule has 0 radical (unpaired) electrons. The second kappa shape index (κ2) is 11.0. The number of carbonyl (C=O) groups excluding carboxylic acids is 4. The van der Waals surface area contributed by atoms with Crippen molar-refractivity contribution in [1.29, 1.82) is 0 Å². The van der Waals surface area contributed by atoms with Gasteiger partial charge >= 0.3 is 5.97 Å². The maximum Gasteiger partial charge on any atom is 0.330 e. The molecular weight excluding hydrogens is 609 g/mol. The van der Waals surface area contributed by atoms with Crippen LogP contribution in [-0.2, 0) is 35.3 Å². The summed E-state index contributed by atoms with van der Waals surface area (Å²) < 4.78 is 5.86. The fourth-order valence-corrected chi connectivity index (χ4v) is 8.54. The number of imide groups is 1. The highest BCUT2D eigenvalue weighted by Crippen LogP contribution is 2.69. The molecule has 6 nitrogen and oxygen atoms in total. The minimum Gasteiger partial charge on any atom is -0.452 e. The van der Waals surface area contributed by atoms with Crippen LogP contribution in [0.25, 0.3) is 0 Å². The van der Waals surface area contributed by atoms with Gasteiger partial charge in [-0.1, -0.05) is 116 Å². The van der Waals surface area contributed by atoms with E-state index in [1.165, 1.54) is 0 Å². The maximum absolute atomic E-state index is 14.6. The molecule has 3 aliphatic carbocycles. The summed E-state index contributed by atoms with van der Waals surface area (Å²) >= 11 is 15.2. The Balaban J connectivity index is 1.32. The zero-order valence-electron chi connectivity index (χ0n) is 24.4. The third kappa shape index (κ3) is 4.23. The molecule has 8 heteroatoms. The quantitative estimate of drug-likeness (QED) is 0.0967. The molecule has 45 heavy (non-hydrogen) atoms. The molecule has 0 aromatic heterocycles. The molecule has 226 valence electrons. The highest BCUT2D eigenvalue weighted by molar-refractivity contribution is 6.36. The number of hydrogen-bond acceptors (Lipinski definition) is 5. The number of ketones is 1. The number of halogens is 2. The van der Waals surface area contributed by atoms with Gasteiger partial charge in [-0.05, 0) is 34.2 Å². The van der Waals surface area contributed by atoms with Gasteiger partial charge in [-0.15, -0.1) is 23.2 Å². The Kier molecular flexibility index (Phi) is 7.18. The number of amides is 2. The van der Waals surface area contributed by atoms with Crippen LogP contribution in [0, 0.1) is 11.8 Å². The smallest absolute Gasteiger partial charge is 0.330 e. The van der Waals surface area contributed by atoms with Gasteiger partial charge in [0.25, 0.3) is 0 Å². The fourth-order valence-electron chi connectivity index (χ4n) is 7.44. The number of rotatable bonds is 8. The van der Waals surface area contributed by atoms with E-state index in [4.69, 9.17) is 27.9 Å². The van der Waals surface area contributed by atoms with Gasteiger partial charge in [-0.3, -0.25) is 19.3 Å². The Bertz CT molecular complexity index is 1720. The van der Waals surface area contributed by atoms with Gasteiger partial charge in [0.05, 0.1) is 11.8 Å². The molecule has 2 amide bonds. The van der Waals surface area contributed by atoms with Crippen molar-refractivity contribution in [2.75, 3.05) is 0 Å². The number of hydrogen-bond donors (Lipinski definition) is 0. The second-order valence-corrected chi connectivity index (χ2v) is 13.0. The van der Waals surface area contributed by atoms with E-state index in [0.717, 1.165) is 4.90 Å². The third-order valence-electron chi connectivity index (χ3n) is 9.45. The Hall–Kier alpha value is -4.26. The number of ether oxygens (including phenoxy) is 1. The van der Waals surface area contributed by atoms with E-state index < -0.39 is 51.5 Å². The summed E-state index contributed by atoms with van der Waals surface area (Å²) in [7, 11) is 0. The summed E-state index contributed by atoms with van der Waals surface area (Å²) in [5, 5.41) is 0. The van der Waals surface area contributed by atoms with E-state index in [1.807, 2.05) is 78.9 Å². The monoisotopic (exact) mass is 637 g/mol. The third-order valence-corrected chi connectivity index (χ3v) is 10.7. The van der Waals surface area contributed by atoms with Crippen LogP contribution in [0.2, 0.25) is 0 Å². The van der Waals surface area contributed by atoms with Crippen molar-refractivity contribution in [1.82, 2.24) is 4.90 Å². The normalized spacial score (nSPS) is 25.6. The number of Topliss-reactive ketones (excluding diaryl/α,β-unsaturated/α-hetero) is 1. The van der Waals surface area contributed by atoms with Crippen LogP contribution in [0.5, 0.6) is 0 Å². The predicted molar refractivity (Wildman–Crippen MR) is 170 cm³/mol. The minimum atomic E-state index is -1.38. The van der Waals surface area contributed by atoms with Gasteiger partial charge in [0, 0.05) is 12.0 Å². The highest BCUT2D eigenvalue weighted by Gasteiger charge is 2.73. The van der Waals surface area contributed by atoms with Crippen molar-refractivity contribution in [2.24, 2.45) is 11.8 Å². The van der Waals surface area contributed by atoms with Crippen molar-refractivity contribution in [3.8, 4) is 0 Å². The van der Waals surface area contributed by atoms with Gasteiger partial charge in [0.2, 0.25) is 17.6 Å². The van der Waals surface area contributed by atoms with Crippen LogP contribution in [0.1, 0.15) is 51.5 Å². The van der Waals surface area contributed by atoms with E-state index in [1.54, 1.807) is 37.3 Å². The molecule has 0 N–H and O–H groups in total. The molecule has 1 aliphatic heterocycles. The number of benzene rings is 4. The number of alkyl halides is 2. The molecule has 0 unspecified atom stereocenters. The van der Waals surface area contributed by atoms with Crippen LogP contribution in [0.15, 0.2) is 109 Å². The summed E-state index contributed by atoms with van der Waals surface area (Å²) in [5.41, 5.74) is 3.81. The first-order chi connectivity index (χ1) is 21.7. The van der Waals surface area contributed by atoms with Crippen LogP contribution in [0.3, 0.4) is 0 Å². The van der Waals surface area contributed by atoms with Gasteiger partial charge in [-0.2, -0.15) is 0 Å². The topological polar surface area (TPSA) is 80.8 Å². The van der Waals surface area contributed by atoms with Crippen molar-refractivity contribution in [3.05, 3.63) is 143 Å². The van der Waals surface area contributed by atoms with Crippen molar-refractivity contribution >= 4 is 46.8 Å². The minimum absolute atomic E-state index is 0.00295. The molecule has 0 saturated carbocycles. The Morgan fingerprint density at radius 1 is 0.711 bits per heavy atom. The van der Waals surface area contributed by atoms with E-state index in [0.29, 0.717) is 33.4 Å². The Labute approximate surface area is 270 Å². The molecule has 2 bridgehead atoms. The zero-order valence-corrected chi connectivity index (χ0v) is 25.9. The van der Waals surface area contributed by atoms with Crippen molar-refractivity contribution in [2.45, 2.75) is 41.7 Å². The first kappa shape index (κ1) is 29.5. The van der Waals surface area contributed by atoms with E-state index in [9.17, 15) is 19.2 Å². The van der Waals surface area contributed by atoms with Crippen LogP contribution < -0.4 is 0 Å². The lowest BCUT2D eigenvalue weighted by molar-refractivity contribution is -0.161. The van der Waals surface area contributed by atoms with Gasteiger partial charge in [-0.25, -0.2) is 4.79 Å². The predicted octanol–water partition coefficient (Wildman–Crippen LogP) is 6.40. The molecule has 1 fully saturated rings. The molecule has 1 saturated heterocycles. The second-order valence-electron chi connectivity index (χ2n) is 11.8. The lowest BCUT2D eigenvalue weighted by Gasteiger charge is -2.54. The van der Waals surface area contributed by atoms with E-state index >= 15 is 0 Å². The Morgan fingerprint density at radius 2 is 1.13 bits per heavy atom. The highest BCUT2D eigenvalue weighted by atomic mass is 35.5. The molecule has 4 atom stereocenters. The van der Waals surface area contributed by atoms with E-state index in [2.05, 4.69) is 0 Å². The van der Waals surface area contributed by atoms with E-state index in [-0.39, 0.29) is 18.6 Å². The maximum atomic E-state index is 14.6. The number of nitrogens with zero attached hydrogens (tertiary/aromatic N) is 1. The Morgan fingerprint density at radius 3 is 1.58 bits per heavy atom. The average Bonchev–Trinajstić information content (AvgIpc) is 3.35. The van der Waals surface area contributed by atoms with Crippen LogP contribution in [0.4, 0.5) is 0 Å². The molecule has 1 heterocycles. The summed E-state index contributed by atoms with van der Waals surface area (Å²) in [6.45, 7) is 1.74. The summed E-state index contributed by atoms with van der Waals surface area (Å²) in [4.78, 5) is 55.0. The van der Waals surface area contributed by atoms with Crippen LogP contribution >= 0.6 is 23.2 Å². The van der Waals surface area contributed by atoms with Crippen LogP contribution in [-0.4, -0.2) is 40.6 Å². The van der Waals surface area contributed by atoms with Crippen molar-refractivity contribution in [3.63, 3.8) is 0 Å². The molecule has 0 spiro atoms. The molecule has 4 aromatic rings. The fraction of sp³-hybridized carbons (Fsp3) is 0.243. The SMILES string of the molecule is CC[C@H](OC(=O)[C@H](Cc1ccccc1)N1C(=O)[C@@H]2[C@H](C1=O)C1(Cl)c3ccccc3C2(Cl)c2ccccc21)C(=O)c1ccccc1. The number of carbonyl (C=O) groups is 4. The molecule has 4 aromatic carbocycles. The average molecular weight is 639 g/mol. The standard InChI is InChI=1S/C37H29Cl2NO5/c1-2-29(32(41)23-15-7-4-8-16-23)45-35(44)28(21-22-13-5-3-6-14-22)40-33(42)30-31(34(40)43)37(39)25-18-10-9-17-24(25)36(30,38)26-19-11-12-20-27(26)37/h3-20,28-31H,2,21H2,1H3/t28-,29-,30-,31+,36?,37?/m0/s1. The van der Waals surface area contributed by atoms with Gasteiger partial charge in [0.1, 0.15) is 15.8 Å². The number of likely N-dealkylation sites (tertiary alicyclic amines) is 1. The lowest BCUT2D eigenvalue weighted by atomic mass is 9.54. The zero-order chi connectivity index (χ0) is 31.5. The van der Waals surface area contributed by atoms with Gasteiger partial charge < -0.3 is 4.74 Å². The summed E-state index contributed by atoms with van der Waals surface area (Å²) in [6, 6.07) is 31.1. The first-order valence-electron chi connectivity index (χ1n) is 15.0. The summed E-state index contributed by atoms with van der Waals surface area (Å²) in [5.74, 6) is -4.50. The summed E-state index contributed by atoms with van der Waals surface area (Å²) in [6.07, 6.45) is -0.890. The number of esters is 1. The van der Waals surface area contributed by atoms with Crippen molar-refractivity contribution < 1.29 is 23.9 Å². The molecule has 8 rings (SSSR count). The van der Waals surface area contributed by atoms with Gasteiger partial charge in [0.15, 0.2) is 6.10 Å². The lowest BCUT2D eigenvalue weighted by Crippen LogP contribution is -2.57. The molecular formula is C37H29Cl2NO5. The first-order valence-corrected chi connectivity index (χ1v) is 15.8. The molecule has 4 aliphatic rings.